The highest BCUT2D eigenvalue weighted by atomic mass is 32.2. The van der Waals surface area contributed by atoms with E-state index >= 15 is 0 Å². The number of nitrogens with zero attached hydrogens (tertiary/aromatic N) is 2. The third-order valence-corrected chi connectivity index (χ3v) is 6.87. The normalized spacial score (nSPS) is 17.1. The number of hydrogen-bond donors (Lipinski definition) is 1. The van der Waals surface area contributed by atoms with Crippen LogP contribution in [0.4, 0.5) is 5.69 Å². The van der Waals surface area contributed by atoms with Crippen LogP contribution in [-0.4, -0.2) is 50.8 Å². The smallest absolute Gasteiger partial charge is 0.240 e. The van der Waals surface area contributed by atoms with Crippen molar-refractivity contribution in [1.29, 1.82) is 0 Å². The fourth-order valence-electron chi connectivity index (χ4n) is 3.83. The zero-order valence-electron chi connectivity index (χ0n) is 16.6. The van der Waals surface area contributed by atoms with Gasteiger partial charge >= 0.3 is 0 Å². The van der Waals surface area contributed by atoms with Crippen molar-refractivity contribution in [2.45, 2.75) is 63.3 Å². The minimum Gasteiger partial charge on any atom is -0.343 e. The Bertz CT molecular complexity index is 845. The molecule has 0 aromatic heterocycles. The number of rotatable bonds is 6. The Morgan fingerprint density at radius 2 is 1.71 bits per heavy atom. The van der Waals surface area contributed by atoms with Gasteiger partial charge in [-0.2, -0.15) is 0 Å². The van der Waals surface area contributed by atoms with E-state index in [9.17, 15) is 18.0 Å². The van der Waals surface area contributed by atoms with Gasteiger partial charge in [-0.25, -0.2) is 13.1 Å². The second-order valence-electron chi connectivity index (χ2n) is 7.80. The summed E-state index contributed by atoms with van der Waals surface area (Å²) < 4.78 is 27.3. The SMILES string of the molecule is CC(C)NS(=O)(=O)c1ccc2c(c1)CCN2C(=O)CCC(=O)N1CCCCC1. The van der Waals surface area contributed by atoms with Crippen LogP contribution in [0.5, 0.6) is 0 Å². The van der Waals surface area contributed by atoms with E-state index in [2.05, 4.69) is 4.72 Å². The number of benzene rings is 1. The summed E-state index contributed by atoms with van der Waals surface area (Å²) in [6, 6.07) is 4.69. The highest BCUT2D eigenvalue weighted by Gasteiger charge is 2.27. The second-order valence-corrected chi connectivity index (χ2v) is 9.52. The molecule has 1 aromatic carbocycles. The molecule has 28 heavy (non-hydrogen) atoms. The maximum absolute atomic E-state index is 12.6. The Hall–Kier alpha value is -1.93. The first-order valence-electron chi connectivity index (χ1n) is 10.0. The largest absolute Gasteiger partial charge is 0.343 e. The van der Waals surface area contributed by atoms with Crippen LogP contribution in [0.1, 0.15) is 51.5 Å². The van der Waals surface area contributed by atoms with E-state index in [0.717, 1.165) is 43.6 Å². The van der Waals surface area contributed by atoms with Gasteiger partial charge in [0.15, 0.2) is 0 Å². The number of sulfonamides is 1. The number of anilines is 1. The summed E-state index contributed by atoms with van der Waals surface area (Å²) in [6.45, 7) is 5.66. The van der Waals surface area contributed by atoms with Gasteiger partial charge in [0, 0.05) is 44.2 Å². The lowest BCUT2D eigenvalue weighted by Gasteiger charge is -2.27. The summed E-state index contributed by atoms with van der Waals surface area (Å²) in [5, 5.41) is 0. The lowest BCUT2D eigenvalue weighted by molar-refractivity contribution is -0.133. The molecule has 1 N–H and O–H groups in total. The first kappa shape index (κ1) is 20.8. The molecule has 2 amide bonds. The molecule has 154 valence electrons. The van der Waals surface area contributed by atoms with Gasteiger partial charge in [-0.3, -0.25) is 9.59 Å². The molecule has 3 rings (SSSR count). The number of fused-ring (bicyclic) bond motifs is 1. The van der Waals surface area contributed by atoms with Gasteiger partial charge in [-0.15, -0.1) is 0 Å². The third kappa shape index (κ3) is 4.72. The zero-order chi connectivity index (χ0) is 20.3. The van der Waals surface area contributed by atoms with Crippen LogP contribution >= 0.6 is 0 Å². The number of amides is 2. The maximum atomic E-state index is 12.6. The Labute approximate surface area is 167 Å². The van der Waals surface area contributed by atoms with Crippen molar-refractivity contribution >= 4 is 27.5 Å². The van der Waals surface area contributed by atoms with Crippen LogP contribution in [0.3, 0.4) is 0 Å². The van der Waals surface area contributed by atoms with Crippen LogP contribution in [0.25, 0.3) is 0 Å². The predicted molar refractivity (Wildman–Crippen MR) is 108 cm³/mol. The molecular formula is C20H29N3O4S. The first-order chi connectivity index (χ1) is 13.3. The van der Waals surface area contributed by atoms with Crippen molar-refractivity contribution in [2.24, 2.45) is 0 Å². The number of likely N-dealkylation sites (tertiary alicyclic amines) is 1. The van der Waals surface area contributed by atoms with E-state index in [1.807, 2.05) is 4.90 Å². The van der Waals surface area contributed by atoms with Gasteiger partial charge in [-0.05, 0) is 63.3 Å². The zero-order valence-corrected chi connectivity index (χ0v) is 17.4. The van der Waals surface area contributed by atoms with Crippen molar-refractivity contribution in [3.63, 3.8) is 0 Å². The summed E-state index contributed by atoms with van der Waals surface area (Å²) in [7, 11) is -3.56. The fraction of sp³-hybridized carbons (Fsp3) is 0.600. The molecule has 0 saturated carbocycles. The molecule has 1 aromatic rings. The van der Waals surface area contributed by atoms with Crippen LogP contribution < -0.4 is 9.62 Å². The fourth-order valence-corrected chi connectivity index (χ4v) is 5.13. The van der Waals surface area contributed by atoms with E-state index in [0.29, 0.717) is 13.0 Å². The molecule has 7 nitrogen and oxygen atoms in total. The van der Waals surface area contributed by atoms with E-state index in [-0.39, 0.29) is 35.6 Å². The van der Waals surface area contributed by atoms with Crippen LogP contribution in [-0.2, 0) is 26.0 Å². The van der Waals surface area contributed by atoms with Gasteiger partial charge in [0.05, 0.1) is 4.90 Å². The minimum atomic E-state index is -3.56. The van der Waals surface area contributed by atoms with Gasteiger partial charge in [0.2, 0.25) is 21.8 Å². The first-order valence-corrected chi connectivity index (χ1v) is 11.5. The summed E-state index contributed by atoms with van der Waals surface area (Å²) >= 11 is 0. The molecule has 0 atom stereocenters. The summed E-state index contributed by atoms with van der Waals surface area (Å²) in [6.07, 6.45) is 4.27. The van der Waals surface area contributed by atoms with Crippen LogP contribution in [0, 0.1) is 0 Å². The number of nitrogens with one attached hydrogen (secondary N) is 1. The maximum Gasteiger partial charge on any atom is 0.240 e. The average molecular weight is 408 g/mol. The van der Waals surface area contributed by atoms with Crippen LogP contribution in [0.15, 0.2) is 23.1 Å². The molecule has 2 aliphatic heterocycles. The van der Waals surface area contributed by atoms with Crippen molar-refractivity contribution in [3.05, 3.63) is 23.8 Å². The molecule has 2 aliphatic rings. The molecule has 0 radical (unpaired) electrons. The Kier molecular flexibility index (Phi) is 6.40. The van der Waals surface area contributed by atoms with Crippen molar-refractivity contribution in [1.82, 2.24) is 9.62 Å². The molecule has 0 bridgehead atoms. The number of hydrogen-bond acceptors (Lipinski definition) is 4. The molecule has 0 spiro atoms. The van der Waals surface area contributed by atoms with Gasteiger partial charge in [0.25, 0.3) is 0 Å². The lowest BCUT2D eigenvalue weighted by Crippen LogP contribution is -2.37. The monoisotopic (exact) mass is 407 g/mol. The highest BCUT2D eigenvalue weighted by molar-refractivity contribution is 7.89. The molecule has 1 fully saturated rings. The quantitative estimate of drug-likeness (QED) is 0.782. The van der Waals surface area contributed by atoms with Gasteiger partial charge < -0.3 is 9.80 Å². The van der Waals surface area contributed by atoms with Gasteiger partial charge in [-0.1, -0.05) is 0 Å². The molecule has 0 aliphatic carbocycles. The van der Waals surface area contributed by atoms with Crippen molar-refractivity contribution in [2.75, 3.05) is 24.5 Å². The van der Waals surface area contributed by atoms with E-state index in [1.54, 1.807) is 30.9 Å². The number of carbonyl (C=O) groups excluding carboxylic acids is 2. The van der Waals surface area contributed by atoms with E-state index < -0.39 is 10.0 Å². The molecule has 1 saturated heterocycles. The summed E-state index contributed by atoms with van der Waals surface area (Å²) in [5.41, 5.74) is 1.60. The molecule has 0 unspecified atom stereocenters. The summed E-state index contributed by atoms with van der Waals surface area (Å²) in [4.78, 5) is 28.7. The molecule has 8 heteroatoms. The Balaban J connectivity index is 1.63. The second kappa shape index (κ2) is 8.61. The Morgan fingerprint density at radius 1 is 1.04 bits per heavy atom. The average Bonchev–Trinajstić information content (AvgIpc) is 3.09. The van der Waals surface area contributed by atoms with Crippen molar-refractivity contribution < 1.29 is 18.0 Å². The predicted octanol–water partition coefficient (Wildman–Crippen LogP) is 2.06. The topological polar surface area (TPSA) is 86.8 Å². The van der Waals surface area contributed by atoms with Crippen molar-refractivity contribution in [3.8, 4) is 0 Å². The molecular weight excluding hydrogens is 378 g/mol. The lowest BCUT2D eigenvalue weighted by atomic mass is 10.1. The van der Waals surface area contributed by atoms with E-state index in [1.165, 1.54) is 6.07 Å². The molecule has 2 heterocycles. The van der Waals surface area contributed by atoms with Crippen LogP contribution in [0.2, 0.25) is 0 Å². The Morgan fingerprint density at radius 3 is 2.39 bits per heavy atom. The highest BCUT2D eigenvalue weighted by Crippen LogP contribution is 2.31. The number of piperidine rings is 1. The number of carbonyl (C=O) groups is 2. The van der Waals surface area contributed by atoms with E-state index in [4.69, 9.17) is 0 Å². The summed E-state index contributed by atoms with van der Waals surface area (Å²) in [5.74, 6) is -0.0336. The standard InChI is InChI=1S/C20H29N3O4S/c1-15(2)21-28(26,27)17-6-7-18-16(14-17)10-13-23(18)20(25)9-8-19(24)22-11-4-3-5-12-22/h6-7,14-15,21H,3-5,8-13H2,1-2H3. The van der Waals surface area contributed by atoms with Gasteiger partial charge in [0.1, 0.15) is 0 Å². The third-order valence-electron chi connectivity index (χ3n) is 5.21. The minimum absolute atomic E-state index is 0.0497.